The number of esters is 1. The molecule has 3 aromatic rings. The number of hydrogen-bond donors (Lipinski definition) is 0. The van der Waals surface area contributed by atoms with Crippen molar-refractivity contribution >= 4 is 33.9 Å². The van der Waals surface area contributed by atoms with Gasteiger partial charge in [0.25, 0.3) is 5.69 Å². The van der Waals surface area contributed by atoms with E-state index in [9.17, 15) is 4.79 Å². The Hall–Kier alpha value is -3.66. The Bertz CT molecular complexity index is 1280. The van der Waals surface area contributed by atoms with E-state index in [-0.39, 0.29) is 5.97 Å². The van der Waals surface area contributed by atoms with Crippen LogP contribution in [-0.4, -0.2) is 16.3 Å². The zero-order chi connectivity index (χ0) is 21.9. The smallest absolute Gasteiger partial charge is 0.311 e. The van der Waals surface area contributed by atoms with Crippen molar-refractivity contribution in [1.29, 1.82) is 0 Å². The molecule has 0 amide bonds. The summed E-state index contributed by atoms with van der Waals surface area (Å²) in [5, 5.41) is 2.17. The van der Waals surface area contributed by atoms with Gasteiger partial charge in [0.1, 0.15) is 0 Å². The zero-order valence-electron chi connectivity index (χ0n) is 18.2. The molecule has 32 heavy (non-hydrogen) atoms. The lowest BCUT2D eigenvalue weighted by Gasteiger charge is -2.15. The van der Waals surface area contributed by atoms with Crippen molar-refractivity contribution < 1.29 is 18.8 Å². The second-order valence-corrected chi connectivity index (χ2v) is 8.09. The van der Waals surface area contributed by atoms with Crippen molar-refractivity contribution in [1.82, 2.24) is 0 Å². The van der Waals surface area contributed by atoms with Crippen molar-refractivity contribution in [2.24, 2.45) is 0 Å². The van der Waals surface area contributed by atoms with Crippen molar-refractivity contribution in [2.45, 2.75) is 39.0 Å². The quantitative estimate of drug-likeness (QED) is 0.250. The number of carbonyl (C=O) groups is 1. The Morgan fingerprint density at radius 2 is 1.81 bits per heavy atom. The summed E-state index contributed by atoms with van der Waals surface area (Å²) in [6.45, 7) is 2.13. The predicted octanol–water partition coefficient (Wildman–Crippen LogP) is 6.73. The van der Waals surface area contributed by atoms with E-state index in [4.69, 9.17) is 9.47 Å². The van der Waals surface area contributed by atoms with Gasteiger partial charge in [0.2, 0.25) is 11.5 Å². The molecule has 4 heteroatoms. The Morgan fingerprint density at radius 1 is 1.00 bits per heavy atom. The minimum atomic E-state index is -0.222. The van der Waals surface area contributed by atoms with Crippen LogP contribution in [0.2, 0.25) is 0 Å². The average Bonchev–Trinajstić information content (AvgIpc) is 3.26. The fraction of sp³-hybridized carbons (Fsp3) is 0.214. The van der Waals surface area contributed by atoms with Crippen LogP contribution < -0.4 is 4.74 Å². The first-order chi connectivity index (χ1) is 15.8. The molecule has 0 fully saturated rings. The standard InChI is InChI=1S/C28H26NO3/c1-2-3-4-18-26(30)32-28-24-16-10-19-29(24)23-15-7-8-17-25(23)31-27(28)22-14-9-12-20-11-5-6-13-21(20)22/h5-15,17,19H,2-4,16,18H2,1H3/q+1. The number of para-hydroxylation sites is 2. The number of unbranched alkanes of at least 4 members (excludes halogenated alkanes) is 2. The van der Waals surface area contributed by atoms with Crippen LogP contribution in [0.3, 0.4) is 0 Å². The molecule has 0 saturated carbocycles. The van der Waals surface area contributed by atoms with Gasteiger partial charge in [0.15, 0.2) is 17.7 Å². The van der Waals surface area contributed by atoms with Crippen LogP contribution in [-0.2, 0) is 9.53 Å². The average molecular weight is 425 g/mol. The molecule has 5 rings (SSSR count). The molecule has 3 aromatic carbocycles. The maximum absolute atomic E-state index is 12.8. The highest BCUT2D eigenvalue weighted by Crippen LogP contribution is 2.40. The second kappa shape index (κ2) is 8.83. The third kappa shape index (κ3) is 3.73. The van der Waals surface area contributed by atoms with Crippen LogP contribution in [0.1, 0.15) is 44.6 Å². The number of fused-ring (bicyclic) bond motifs is 3. The molecule has 0 bridgehead atoms. The number of rotatable bonds is 6. The molecule has 160 valence electrons. The zero-order valence-corrected chi connectivity index (χ0v) is 18.2. The van der Waals surface area contributed by atoms with Gasteiger partial charge >= 0.3 is 5.97 Å². The molecule has 0 unspecified atom stereocenters. The van der Waals surface area contributed by atoms with Crippen molar-refractivity contribution in [2.75, 3.05) is 0 Å². The van der Waals surface area contributed by atoms with Gasteiger partial charge in [-0.2, -0.15) is 4.58 Å². The first-order valence-corrected chi connectivity index (χ1v) is 11.3. The molecule has 0 aromatic heterocycles. The van der Waals surface area contributed by atoms with E-state index in [0.717, 1.165) is 52.7 Å². The van der Waals surface area contributed by atoms with E-state index < -0.39 is 0 Å². The van der Waals surface area contributed by atoms with Crippen molar-refractivity contribution in [3.05, 3.63) is 90.3 Å². The van der Waals surface area contributed by atoms with E-state index in [0.29, 0.717) is 24.4 Å². The third-order valence-corrected chi connectivity index (χ3v) is 5.90. The summed E-state index contributed by atoms with van der Waals surface area (Å²) >= 11 is 0. The maximum atomic E-state index is 12.8. The highest BCUT2D eigenvalue weighted by molar-refractivity contribution is 6.07. The van der Waals surface area contributed by atoms with Gasteiger partial charge in [-0.1, -0.05) is 74.4 Å². The molecular weight excluding hydrogens is 398 g/mol. The van der Waals surface area contributed by atoms with Gasteiger partial charge in [-0.05, 0) is 29.3 Å². The molecule has 0 radical (unpaired) electrons. The van der Waals surface area contributed by atoms with E-state index in [2.05, 4.69) is 35.8 Å². The predicted molar refractivity (Wildman–Crippen MR) is 127 cm³/mol. The van der Waals surface area contributed by atoms with Gasteiger partial charge < -0.3 is 9.47 Å². The first kappa shape index (κ1) is 20.3. The second-order valence-electron chi connectivity index (χ2n) is 8.09. The maximum Gasteiger partial charge on any atom is 0.311 e. The number of hydrogen-bond acceptors (Lipinski definition) is 3. The van der Waals surface area contributed by atoms with Crippen molar-refractivity contribution in [3.63, 3.8) is 0 Å². The van der Waals surface area contributed by atoms with Crippen LogP contribution in [0.4, 0.5) is 5.69 Å². The number of nitrogens with zero attached hydrogens (tertiary/aromatic N) is 1. The Labute approximate surface area is 188 Å². The SMILES string of the molecule is CCCCCC(=O)OC1=C(c2cccc3ccccc23)Oc2ccccc2[N+]2=C1CC=C2. The molecule has 0 aliphatic carbocycles. The van der Waals surface area contributed by atoms with E-state index >= 15 is 0 Å². The number of allylic oxidation sites excluding steroid dienone is 2. The van der Waals surface area contributed by atoms with E-state index in [1.54, 1.807) is 0 Å². The van der Waals surface area contributed by atoms with Crippen LogP contribution in [0.25, 0.3) is 16.5 Å². The lowest BCUT2D eigenvalue weighted by molar-refractivity contribution is -0.357. The van der Waals surface area contributed by atoms with Crippen LogP contribution in [0, 0.1) is 0 Å². The highest BCUT2D eigenvalue weighted by atomic mass is 16.6. The van der Waals surface area contributed by atoms with Gasteiger partial charge in [-0.15, -0.1) is 0 Å². The largest absolute Gasteiger partial charge is 0.445 e. The van der Waals surface area contributed by atoms with E-state index in [1.807, 2.05) is 54.7 Å². The summed E-state index contributed by atoms with van der Waals surface area (Å²) in [7, 11) is 0. The molecule has 0 N–H and O–H groups in total. The van der Waals surface area contributed by atoms with Crippen LogP contribution in [0.15, 0.2) is 84.8 Å². The molecule has 0 spiro atoms. The van der Waals surface area contributed by atoms with Crippen LogP contribution >= 0.6 is 0 Å². The van der Waals surface area contributed by atoms with Gasteiger partial charge in [-0.25, -0.2) is 0 Å². The normalized spacial score (nSPS) is 14.8. The van der Waals surface area contributed by atoms with Crippen molar-refractivity contribution in [3.8, 4) is 5.75 Å². The molecule has 4 nitrogen and oxygen atoms in total. The van der Waals surface area contributed by atoms with E-state index in [1.165, 1.54) is 0 Å². The topological polar surface area (TPSA) is 38.5 Å². The summed E-state index contributed by atoms with van der Waals surface area (Å²) in [6, 6.07) is 22.3. The summed E-state index contributed by atoms with van der Waals surface area (Å²) in [4.78, 5) is 12.8. The Balaban J connectivity index is 1.69. The number of ether oxygens (including phenoxy) is 2. The minimum Gasteiger partial charge on any atom is -0.445 e. The fourth-order valence-electron chi connectivity index (χ4n) is 4.31. The summed E-state index contributed by atoms with van der Waals surface area (Å²) in [5.74, 6) is 1.60. The fourth-order valence-corrected chi connectivity index (χ4v) is 4.31. The lowest BCUT2D eigenvalue weighted by Crippen LogP contribution is -2.18. The summed E-state index contributed by atoms with van der Waals surface area (Å²) < 4.78 is 14.7. The Morgan fingerprint density at radius 3 is 2.72 bits per heavy atom. The number of carbonyl (C=O) groups excluding carboxylic acids is 1. The summed E-state index contributed by atoms with van der Waals surface area (Å²) in [5.41, 5.74) is 2.77. The third-order valence-electron chi connectivity index (χ3n) is 5.90. The lowest BCUT2D eigenvalue weighted by atomic mass is 10.0. The number of benzene rings is 3. The Kier molecular flexibility index (Phi) is 5.59. The molecule has 0 atom stereocenters. The van der Waals surface area contributed by atoms with Gasteiger partial charge in [-0.3, -0.25) is 4.79 Å². The van der Waals surface area contributed by atoms with Gasteiger partial charge in [0.05, 0.1) is 6.42 Å². The minimum absolute atomic E-state index is 0.222. The van der Waals surface area contributed by atoms with Gasteiger partial charge in [0, 0.05) is 18.1 Å². The molecule has 0 saturated heterocycles. The first-order valence-electron chi connectivity index (χ1n) is 11.3. The molecular formula is C28H26NO3+. The highest BCUT2D eigenvalue weighted by Gasteiger charge is 2.36. The molecule has 2 aliphatic heterocycles. The molecule has 2 aliphatic rings. The van der Waals surface area contributed by atoms with Crippen LogP contribution in [0.5, 0.6) is 5.75 Å². The summed E-state index contributed by atoms with van der Waals surface area (Å²) in [6.07, 6.45) is 8.07. The monoisotopic (exact) mass is 424 g/mol. The molecule has 2 heterocycles.